The molecule has 0 spiro atoms. The van der Waals surface area contributed by atoms with E-state index in [0.29, 0.717) is 11.3 Å². The molecule has 0 fully saturated rings. The van der Waals surface area contributed by atoms with E-state index in [-0.39, 0.29) is 11.6 Å². The van der Waals surface area contributed by atoms with Gasteiger partial charge in [-0.3, -0.25) is 4.79 Å². The van der Waals surface area contributed by atoms with Gasteiger partial charge < -0.3 is 0 Å². The Labute approximate surface area is 147 Å². The first-order valence-electron chi connectivity index (χ1n) is 7.89. The van der Waals surface area contributed by atoms with Crippen LogP contribution in [-0.2, 0) is 12.8 Å². The van der Waals surface area contributed by atoms with Crippen molar-refractivity contribution in [3.8, 4) is 0 Å². The Bertz CT molecular complexity index is 905. The summed E-state index contributed by atoms with van der Waals surface area (Å²) in [5, 5.41) is 2.02. The maximum Gasteiger partial charge on any atom is 0.173 e. The van der Waals surface area contributed by atoms with Gasteiger partial charge >= 0.3 is 0 Å². The Morgan fingerprint density at radius 1 is 1.17 bits per heavy atom. The van der Waals surface area contributed by atoms with E-state index in [1.807, 2.05) is 0 Å². The highest BCUT2D eigenvalue weighted by Crippen LogP contribution is 2.39. The lowest BCUT2D eigenvalue weighted by Crippen LogP contribution is -2.03. The highest BCUT2D eigenvalue weighted by atomic mass is 32.2. The molecule has 3 aromatic rings. The molecule has 0 radical (unpaired) electrons. The molecule has 1 aromatic carbocycles. The molecule has 0 saturated heterocycles. The number of carbonyl (C=O) groups excluding carboxylic acids is 1. The van der Waals surface area contributed by atoms with Crippen molar-refractivity contribution in [1.29, 1.82) is 0 Å². The van der Waals surface area contributed by atoms with Crippen LogP contribution in [-0.4, -0.2) is 21.5 Å². The van der Waals surface area contributed by atoms with Gasteiger partial charge in [0.1, 0.15) is 22.0 Å². The van der Waals surface area contributed by atoms with Crippen molar-refractivity contribution in [1.82, 2.24) is 9.97 Å². The first-order valence-corrected chi connectivity index (χ1v) is 9.69. The second-order valence-corrected chi connectivity index (χ2v) is 7.84. The number of thiophene rings is 1. The number of Topliss-reactive ketones (excluding diaryl/α,β-unsaturated/α-hetero) is 1. The van der Waals surface area contributed by atoms with E-state index in [0.717, 1.165) is 28.1 Å². The van der Waals surface area contributed by atoms with Crippen LogP contribution in [0, 0.1) is 5.82 Å². The van der Waals surface area contributed by atoms with Crippen molar-refractivity contribution < 1.29 is 9.18 Å². The summed E-state index contributed by atoms with van der Waals surface area (Å²) in [6.45, 7) is 0. The minimum absolute atomic E-state index is 0.0177. The molecule has 0 unspecified atom stereocenters. The van der Waals surface area contributed by atoms with Gasteiger partial charge in [0.25, 0.3) is 0 Å². The highest BCUT2D eigenvalue weighted by Gasteiger charge is 2.20. The van der Waals surface area contributed by atoms with Gasteiger partial charge in [-0.05, 0) is 55.5 Å². The van der Waals surface area contributed by atoms with Crippen molar-refractivity contribution in [2.75, 3.05) is 5.75 Å². The lowest BCUT2D eigenvalue weighted by Gasteiger charge is -2.11. The van der Waals surface area contributed by atoms with E-state index in [2.05, 4.69) is 9.97 Å². The quantitative estimate of drug-likeness (QED) is 0.386. The van der Waals surface area contributed by atoms with E-state index in [4.69, 9.17) is 0 Å². The SMILES string of the molecule is O=C(CSc1ncnc2sc3c(c12)CCCC3)c1ccc(F)cc1. The molecule has 2 aromatic heterocycles. The van der Waals surface area contributed by atoms with E-state index in [9.17, 15) is 9.18 Å². The van der Waals surface area contributed by atoms with E-state index in [1.54, 1.807) is 17.7 Å². The summed E-state index contributed by atoms with van der Waals surface area (Å²) >= 11 is 3.20. The molecule has 0 amide bonds. The van der Waals surface area contributed by atoms with Crippen molar-refractivity contribution >= 4 is 39.1 Å². The second kappa shape index (κ2) is 6.61. The van der Waals surface area contributed by atoms with Crippen molar-refractivity contribution in [3.05, 3.63) is 52.4 Å². The summed E-state index contributed by atoms with van der Waals surface area (Å²) in [7, 11) is 0. The number of benzene rings is 1. The zero-order valence-electron chi connectivity index (χ0n) is 12.9. The predicted molar refractivity (Wildman–Crippen MR) is 95.5 cm³/mol. The topological polar surface area (TPSA) is 42.9 Å². The third-order valence-electron chi connectivity index (χ3n) is 4.22. The lowest BCUT2D eigenvalue weighted by molar-refractivity contribution is 0.102. The number of thioether (sulfide) groups is 1. The molecule has 0 atom stereocenters. The first kappa shape index (κ1) is 15.7. The van der Waals surface area contributed by atoms with Crippen LogP contribution in [0.4, 0.5) is 4.39 Å². The Hall–Kier alpha value is -1.79. The third kappa shape index (κ3) is 2.96. The van der Waals surface area contributed by atoms with Gasteiger partial charge in [0.15, 0.2) is 5.78 Å². The number of hydrogen-bond donors (Lipinski definition) is 0. The van der Waals surface area contributed by atoms with Crippen LogP contribution in [0.5, 0.6) is 0 Å². The van der Waals surface area contributed by atoms with Crippen molar-refractivity contribution in [3.63, 3.8) is 0 Å². The van der Waals surface area contributed by atoms with Gasteiger partial charge in [0.2, 0.25) is 0 Å². The fraction of sp³-hybridized carbons (Fsp3) is 0.278. The monoisotopic (exact) mass is 358 g/mol. The van der Waals surface area contributed by atoms with Gasteiger partial charge in [-0.15, -0.1) is 11.3 Å². The molecule has 3 nitrogen and oxygen atoms in total. The molecule has 2 heterocycles. The summed E-state index contributed by atoms with van der Waals surface area (Å²) in [6.07, 6.45) is 6.21. The molecule has 122 valence electrons. The molecule has 6 heteroatoms. The Morgan fingerprint density at radius 3 is 2.79 bits per heavy atom. The van der Waals surface area contributed by atoms with Crippen molar-refractivity contribution in [2.45, 2.75) is 30.7 Å². The van der Waals surface area contributed by atoms with Crippen LogP contribution in [0.2, 0.25) is 0 Å². The maximum atomic E-state index is 13.0. The van der Waals surface area contributed by atoms with Crippen molar-refractivity contribution in [2.24, 2.45) is 0 Å². The molecule has 24 heavy (non-hydrogen) atoms. The standard InChI is InChI=1S/C18H15FN2OS2/c19-12-7-5-11(6-8-12)14(22)9-23-17-16-13-3-1-2-4-15(13)24-18(16)21-10-20-17/h5-8,10H,1-4,9H2. The summed E-state index contributed by atoms with van der Waals surface area (Å²) in [4.78, 5) is 23.6. The fourth-order valence-electron chi connectivity index (χ4n) is 3.02. The first-order chi connectivity index (χ1) is 11.7. The predicted octanol–water partition coefficient (Wildman–Crippen LogP) is 4.68. The molecule has 0 N–H and O–H groups in total. The average molecular weight is 358 g/mol. The van der Waals surface area contributed by atoms with Crippen LogP contribution in [0.1, 0.15) is 33.6 Å². The smallest absolute Gasteiger partial charge is 0.173 e. The zero-order valence-corrected chi connectivity index (χ0v) is 14.6. The normalized spacial score (nSPS) is 13.9. The minimum atomic E-state index is -0.332. The van der Waals surface area contributed by atoms with Gasteiger partial charge in [-0.1, -0.05) is 11.8 Å². The number of carbonyl (C=O) groups is 1. The fourth-order valence-corrected chi connectivity index (χ4v) is 5.24. The van der Waals surface area contributed by atoms with Crippen LogP contribution < -0.4 is 0 Å². The largest absolute Gasteiger partial charge is 0.293 e. The third-order valence-corrected chi connectivity index (χ3v) is 6.41. The molecule has 0 saturated carbocycles. The van der Waals surface area contributed by atoms with Crippen LogP contribution in [0.15, 0.2) is 35.6 Å². The number of ketones is 1. The van der Waals surface area contributed by atoms with Gasteiger partial charge in [0, 0.05) is 15.8 Å². The highest BCUT2D eigenvalue weighted by molar-refractivity contribution is 8.00. The van der Waals surface area contributed by atoms with Crippen LogP contribution in [0.25, 0.3) is 10.2 Å². The summed E-state index contributed by atoms with van der Waals surface area (Å²) in [6, 6.07) is 5.69. The van der Waals surface area contributed by atoms with E-state index >= 15 is 0 Å². The lowest BCUT2D eigenvalue weighted by atomic mass is 9.97. The molecule has 0 aliphatic heterocycles. The van der Waals surface area contributed by atoms with Crippen LogP contribution >= 0.6 is 23.1 Å². The number of fused-ring (bicyclic) bond motifs is 3. The zero-order chi connectivity index (χ0) is 16.5. The molecule has 4 rings (SSSR count). The molecular formula is C18H15FN2OS2. The minimum Gasteiger partial charge on any atom is -0.293 e. The maximum absolute atomic E-state index is 13.0. The Kier molecular flexibility index (Phi) is 4.33. The number of hydrogen-bond acceptors (Lipinski definition) is 5. The summed E-state index contributed by atoms with van der Waals surface area (Å²) < 4.78 is 13.0. The Morgan fingerprint density at radius 2 is 1.96 bits per heavy atom. The number of halogens is 1. The summed E-state index contributed by atoms with van der Waals surface area (Å²) in [5.74, 6) is -0.0555. The van der Waals surface area contributed by atoms with Gasteiger partial charge in [-0.2, -0.15) is 0 Å². The summed E-state index contributed by atoms with van der Waals surface area (Å²) in [5.41, 5.74) is 1.90. The Balaban J connectivity index is 1.59. The number of nitrogens with zero attached hydrogens (tertiary/aromatic N) is 2. The molecule has 1 aliphatic carbocycles. The second-order valence-electron chi connectivity index (χ2n) is 5.79. The average Bonchev–Trinajstić information content (AvgIpc) is 2.99. The van der Waals surface area contributed by atoms with E-state index in [1.165, 1.54) is 59.3 Å². The molecular weight excluding hydrogens is 343 g/mol. The van der Waals surface area contributed by atoms with Crippen LogP contribution in [0.3, 0.4) is 0 Å². The number of aromatic nitrogens is 2. The molecule has 0 bridgehead atoms. The molecule has 1 aliphatic rings. The van der Waals surface area contributed by atoms with Gasteiger partial charge in [0.05, 0.1) is 5.75 Å². The van der Waals surface area contributed by atoms with E-state index < -0.39 is 0 Å². The number of aryl methyl sites for hydroxylation is 2. The number of rotatable bonds is 4. The van der Waals surface area contributed by atoms with Gasteiger partial charge in [-0.25, -0.2) is 14.4 Å².